The summed E-state index contributed by atoms with van der Waals surface area (Å²) in [6.45, 7) is 5.85. The molecular formula is C27H24N2O4S. The number of amides is 2. The number of carbonyl (C=O) groups is 3. The van der Waals surface area contributed by atoms with Crippen molar-refractivity contribution in [2.24, 2.45) is 0 Å². The Labute approximate surface area is 202 Å². The van der Waals surface area contributed by atoms with E-state index in [0.29, 0.717) is 29.0 Å². The highest BCUT2D eigenvalue weighted by atomic mass is 32.2. The number of esters is 1. The number of anilines is 2. The van der Waals surface area contributed by atoms with E-state index in [1.807, 2.05) is 42.5 Å². The number of hydrogen-bond donors (Lipinski definition) is 0. The van der Waals surface area contributed by atoms with Gasteiger partial charge in [-0.2, -0.15) is 0 Å². The zero-order chi connectivity index (χ0) is 24.1. The van der Waals surface area contributed by atoms with Crippen LogP contribution in [0.1, 0.15) is 27.6 Å². The van der Waals surface area contributed by atoms with Crippen LogP contribution in [-0.2, 0) is 9.53 Å². The monoisotopic (exact) mass is 472 g/mol. The molecule has 7 heteroatoms. The molecule has 172 valence electrons. The summed E-state index contributed by atoms with van der Waals surface area (Å²) in [4.78, 5) is 44.1. The van der Waals surface area contributed by atoms with Gasteiger partial charge in [-0.3, -0.25) is 14.5 Å². The molecule has 1 heterocycles. The average molecular weight is 473 g/mol. The molecular weight excluding hydrogens is 448 g/mol. The third-order valence-electron chi connectivity index (χ3n) is 5.32. The lowest BCUT2D eigenvalue weighted by atomic mass is 10.1. The van der Waals surface area contributed by atoms with Crippen LogP contribution in [0.4, 0.5) is 11.4 Å². The van der Waals surface area contributed by atoms with E-state index < -0.39 is 5.97 Å². The number of nitrogens with zero attached hydrogens (tertiary/aromatic N) is 2. The summed E-state index contributed by atoms with van der Waals surface area (Å²) in [5, 5.41) is 0. The van der Waals surface area contributed by atoms with E-state index >= 15 is 0 Å². The molecule has 34 heavy (non-hydrogen) atoms. The van der Waals surface area contributed by atoms with Crippen LogP contribution in [0.3, 0.4) is 0 Å². The van der Waals surface area contributed by atoms with Gasteiger partial charge in [-0.15, -0.1) is 6.58 Å². The zero-order valence-electron chi connectivity index (χ0n) is 18.8. The summed E-state index contributed by atoms with van der Waals surface area (Å²) in [6.07, 6.45) is 1.65. The lowest BCUT2D eigenvalue weighted by Crippen LogP contribution is -2.43. The highest BCUT2D eigenvalue weighted by molar-refractivity contribution is 7.99. The van der Waals surface area contributed by atoms with Gasteiger partial charge < -0.3 is 9.64 Å². The number of benzene rings is 3. The Morgan fingerprint density at radius 1 is 1.03 bits per heavy atom. The van der Waals surface area contributed by atoms with Crippen molar-refractivity contribution in [3.63, 3.8) is 0 Å². The third kappa shape index (κ3) is 4.75. The van der Waals surface area contributed by atoms with E-state index in [-0.39, 0.29) is 25.0 Å². The third-order valence-corrected chi connectivity index (χ3v) is 6.46. The molecule has 6 nitrogen and oxygen atoms in total. The fourth-order valence-corrected chi connectivity index (χ4v) is 4.79. The molecule has 4 rings (SSSR count). The number of para-hydroxylation sites is 1. The SMILES string of the molecule is C=CCN(C(=O)CN1C(=O)c2ccccc2Sc2ccc(C(=O)OCC)cc21)c1ccccc1. The van der Waals surface area contributed by atoms with Gasteiger partial charge in [-0.05, 0) is 49.4 Å². The minimum Gasteiger partial charge on any atom is -0.462 e. The Kier molecular flexibility index (Phi) is 7.13. The van der Waals surface area contributed by atoms with Crippen LogP contribution in [0.2, 0.25) is 0 Å². The van der Waals surface area contributed by atoms with Crippen molar-refractivity contribution in [3.05, 3.63) is 96.6 Å². The lowest BCUT2D eigenvalue weighted by molar-refractivity contribution is -0.117. The van der Waals surface area contributed by atoms with E-state index in [4.69, 9.17) is 4.74 Å². The fourth-order valence-electron chi connectivity index (χ4n) is 3.73. The van der Waals surface area contributed by atoms with Crippen molar-refractivity contribution in [2.45, 2.75) is 16.7 Å². The molecule has 0 unspecified atom stereocenters. The van der Waals surface area contributed by atoms with Crippen LogP contribution >= 0.6 is 11.8 Å². The Balaban J connectivity index is 1.77. The molecule has 0 saturated heterocycles. The minimum atomic E-state index is -0.478. The van der Waals surface area contributed by atoms with Gasteiger partial charge in [0.05, 0.1) is 23.4 Å². The second kappa shape index (κ2) is 10.4. The Bertz CT molecular complexity index is 1240. The van der Waals surface area contributed by atoms with Gasteiger partial charge in [-0.25, -0.2) is 4.79 Å². The first-order valence-electron chi connectivity index (χ1n) is 10.9. The predicted molar refractivity (Wildman–Crippen MR) is 134 cm³/mol. The van der Waals surface area contributed by atoms with Crippen LogP contribution in [0.5, 0.6) is 0 Å². The molecule has 2 amide bonds. The van der Waals surface area contributed by atoms with Crippen molar-refractivity contribution in [3.8, 4) is 0 Å². The molecule has 0 N–H and O–H groups in total. The summed E-state index contributed by atoms with van der Waals surface area (Å²) >= 11 is 1.43. The summed E-state index contributed by atoms with van der Waals surface area (Å²) in [5.74, 6) is -1.05. The first kappa shape index (κ1) is 23.3. The highest BCUT2D eigenvalue weighted by Gasteiger charge is 2.31. The second-order valence-corrected chi connectivity index (χ2v) is 8.60. The fraction of sp³-hybridized carbons (Fsp3) is 0.148. The predicted octanol–water partition coefficient (Wildman–Crippen LogP) is 5.19. The quantitative estimate of drug-likeness (QED) is 0.350. The maximum atomic E-state index is 13.7. The molecule has 0 saturated carbocycles. The highest BCUT2D eigenvalue weighted by Crippen LogP contribution is 2.41. The topological polar surface area (TPSA) is 66.9 Å². The van der Waals surface area contributed by atoms with E-state index in [9.17, 15) is 14.4 Å². The van der Waals surface area contributed by atoms with E-state index in [0.717, 1.165) is 9.79 Å². The van der Waals surface area contributed by atoms with Gasteiger partial charge in [-0.1, -0.05) is 48.2 Å². The van der Waals surface area contributed by atoms with Crippen LogP contribution < -0.4 is 9.80 Å². The van der Waals surface area contributed by atoms with Crippen LogP contribution in [0.25, 0.3) is 0 Å². The molecule has 0 aromatic heterocycles. The Morgan fingerprint density at radius 2 is 1.76 bits per heavy atom. The van der Waals surface area contributed by atoms with Gasteiger partial charge in [0.25, 0.3) is 5.91 Å². The summed E-state index contributed by atoms with van der Waals surface area (Å²) in [5.41, 5.74) is 2.04. The van der Waals surface area contributed by atoms with Crippen LogP contribution in [0.15, 0.2) is 95.2 Å². The average Bonchev–Trinajstić information content (AvgIpc) is 2.97. The van der Waals surface area contributed by atoms with Gasteiger partial charge in [0.1, 0.15) is 6.54 Å². The van der Waals surface area contributed by atoms with Crippen molar-refractivity contribution in [2.75, 3.05) is 29.5 Å². The molecule has 1 aliphatic rings. The van der Waals surface area contributed by atoms with Crippen LogP contribution in [0, 0.1) is 0 Å². The molecule has 0 bridgehead atoms. The van der Waals surface area contributed by atoms with Crippen molar-refractivity contribution in [1.29, 1.82) is 0 Å². The molecule has 0 radical (unpaired) electrons. The van der Waals surface area contributed by atoms with Crippen LogP contribution in [-0.4, -0.2) is 37.5 Å². The van der Waals surface area contributed by atoms with E-state index in [2.05, 4.69) is 6.58 Å². The molecule has 0 atom stereocenters. The molecule has 0 aliphatic carbocycles. The number of fused-ring (bicyclic) bond motifs is 2. The lowest BCUT2D eigenvalue weighted by Gasteiger charge is -2.27. The molecule has 0 fully saturated rings. The van der Waals surface area contributed by atoms with Crippen molar-refractivity contribution < 1.29 is 19.1 Å². The number of carbonyl (C=O) groups excluding carboxylic acids is 3. The van der Waals surface area contributed by atoms with Crippen molar-refractivity contribution >= 4 is 40.9 Å². The smallest absolute Gasteiger partial charge is 0.338 e. The van der Waals surface area contributed by atoms with Gasteiger partial charge in [0.2, 0.25) is 5.91 Å². The molecule has 3 aromatic carbocycles. The van der Waals surface area contributed by atoms with Crippen molar-refractivity contribution in [1.82, 2.24) is 0 Å². The normalized spacial score (nSPS) is 12.3. The summed E-state index contributed by atoms with van der Waals surface area (Å²) < 4.78 is 5.15. The zero-order valence-corrected chi connectivity index (χ0v) is 19.6. The standard InChI is InChI=1S/C27H24N2O4S/c1-3-16-28(20-10-6-5-7-11-20)25(30)18-29-22-17-19(27(32)33-4-2)14-15-24(22)34-23-13-9-8-12-21(23)26(29)31/h3,5-15,17H,1,4,16,18H2,2H3. The van der Waals surface area contributed by atoms with E-state index in [1.165, 1.54) is 16.7 Å². The van der Waals surface area contributed by atoms with Gasteiger partial charge in [0.15, 0.2) is 0 Å². The van der Waals surface area contributed by atoms with Gasteiger partial charge >= 0.3 is 5.97 Å². The molecule has 1 aliphatic heterocycles. The maximum absolute atomic E-state index is 13.7. The summed E-state index contributed by atoms with van der Waals surface area (Å²) in [7, 11) is 0. The summed E-state index contributed by atoms with van der Waals surface area (Å²) in [6, 6.07) is 21.6. The Hall–Kier alpha value is -3.84. The first-order chi connectivity index (χ1) is 16.5. The molecule has 0 spiro atoms. The van der Waals surface area contributed by atoms with E-state index in [1.54, 1.807) is 48.2 Å². The first-order valence-corrected chi connectivity index (χ1v) is 11.7. The second-order valence-electron chi connectivity index (χ2n) is 7.52. The van der Waals surface area contributed by atoms with Gasteiger partial charge in [0, 0.05) is 22.0 Å². The largest absolute Gasteiger partial charge is 0.462 e. The number of hydrogen-bond acceptors (Lipinski definition) is 5. The minimum absolute atomic E-state index is 0.199. The number of ether oxygens (including phenoxy) is 1. The Morgan fingerprint density at radius 3 is 2.50 bits per heavy atom. The maximum Gasteiger partial charge on any atom is 0.338 e. The molecule has 3 aromatic rings. The number of rotatable bonds is 7.